The Labute approximate surface area is 98.1 Å². The summed E-state index contributed by atoms with van der Waals surface area (Å²) < 4.78 is 11.1. The highest BCUT2D eigenvalue weighted by atomic mass is 16.5. The summed E-state index contributed by atoms with van der Waals surface area (Å²) in [7, 11) is 0. The second kappa shape index (κ2) is 7.22. The van der Waals surface area contributed by atoms with Crippen molar-refractivity contribution >= 4 is 0 Å². The Morgan fingerprint density at radius 1 is 1.50 bits per heavy atom. The topological polar surface area (TPSA) is 64.7 Å². The first-order valence-electron chi connectivity index (χ1n) is 6.23. The molecule has 3 unspecified atom stereocenters. The lowest BCUT2D eigenvalue weighted by atomic mass is 10.0. The van der Waals surface area contributed by atoms with E-state index in [2.05, 4.69) is 13.8 Å². The van der Waals surface area contributed by atoms with Crippen LogP contribution < -0.4 is 5.73 Å². The molecule has 1 fully saturated rings. The molecule has 1 aliphatic heterocycles. The number of nitrogens with two attached hydrogens (primary N) is 1. The maximum Gasteiger partial charge on any atom is 0.0957 e. The summed E-state index contributed by atoms with van der Waals surface area (Å²) in [5, 5.41) is 9.24. The molecule has 16 heavy (non-hydrogen) atoms. The van der Waals surface area contributed by atoms with Gasteiger partial charge in [-0.3, -0.25) is 0 Å². The Balaban J connectivity index is 2.24. The summed E-state index contributed by atoms with van der Waals surface area (Å²) >= 11 is 0. The highest BCUT2D eigenvalue weighted by Gasteiger charge is 2.22. The maximum absolute atomic E-state index is 9.24. The fourth-order valence-electron chi connectivity index (χ4n) is 2.01. The van der Waals surface area contributed by atoms with Crippen LogP contribution in [0.25, 0.3) is 0 Å². The van der Waals surface area contributed by atoms with E-state index in [1.807, 2.05) is 0 Å². The van der Waals surface area contributed by atoms with Gasteiger partial charge in [0.2, 0.25) is 0 Å². The van der Waals surface area contributed by atoms with Gasteiger partial charge < -0.3 is 20.3 Å². The minimum atomic E-state index is -0.258. The second-order valence-corrected chi connectivity index (χ2v) is 4.98. The molecule has 0 spiro atoms. The van der Waals surface area contributed by atoms with Crippen molar-refractivity contribution < 1.29 is 14.6 Å². The van der Waals surface area contributed by atoms with Gasteiger partial charge in [-0.25, -0.2) is 0 Å². The lowest BCUT2D eigenvalue weighted by Gasteiger charge is -2.25. The molecule has 1 heterocycles. The molecule has 1 rings (SSSR count). The summed E-state index contributed by atoms with van der Waals surface area (Å²) in [5.41, 5.74) is 5.99. The van der Waals surface area contributed by atoms with Crippen molar-refractivity contribution in [2.75, 3.05) is 19.8 Å². The SMILES string of the molecule is CC(C)CC(N)C(CO)OCC1CCCO1. The van der Waals surface area contributed by atoms with Crippen LogP contribution in [0.1, 0.15) is 33.1 Å². The molecular weight excluding hydrogens is 206 g/mol. The van der Waals surface area contributed by atoms with E-state index in [9.17, 15) is 5.11 Å². The zero-order valence-corrected chi connectivity index (χ0v) is 10.4. The van der Waals surface area contributed by atoms with E-state index in [-0.39, 0.29) is 24.9 Å². The summed E-state index contributed by atoms with van der Waals surface area (Å²) in [6.45, 7) is 5.61. The molecule has 0 radical (unpaired) electrons. The van der Waals surface area contributed by atoms with Crippen LogP contribution in [-0.2, 0) is 9.47 Å². The van der Waals surface area contributed by atoms with Gasteiger partial charge in [0.1, 0.15) is 0 Å². The molecule has 4 heteroatoms. The maximum atomic E-state index is 9.24. The molecular formula is C12H25NO3. The molecule has 0 aromatic heterocycles. The summed E-state index contributed by atoms with van der Waals surface area (Å²) in [5.74, 6) is 0.524. The molecule has 1 saturated heterocycles. The molecule has 0 amide bonds. The Morgan fingerprint density at radius 3 is 2.75 bits per heavy atom. The van der Waals surface area contributed by atoms with Crippen LogP contribution in [0.3, 0.4) is 0 Å². The van der Waals surface area contributed by atoms with Crippen LogP contribution in [0.15, 0.2) is 0 Å². The summed E-state index contributed by atoms with van der Waals surface area (Å²) in [4.78, 5) is 0. The van der Waals surface area contributed by atoms with Crippen molar-refractivity contribution in [1.29, 1.82) is 0 Å². The molecule has 0 aliphatic carbocycles. The van der Waals surface area contributed by atoms with Crippen LogP contribution in [0.5, 0.6) is 0 Å². The number of rotatable bonds is 7. The van der Waals surface area contributed by atoms with Gasteiger partial charge in [-0.1, -0.05) is 13.8 Å². The smallest absolute Gasteiger partial charge is 0.0957 e. The van der Waals surface area contributed by atoms with Gasteiger partial charge in [0, 0.05) is 12.6 Å². The first kappa shape index (κ1) is 13.9. The molecule has 0 saturated carbocycles. The van der Waals surface area contributed by atoms with Crippen molar-refractivity contribution in [2.45, 2.75) is 51.4 Å². The molecule has 3 atom stereocenters. The van der Waals surface area contributed by atoms with E-state index in [4.69, 9.17) is 15.2 Å². The minimum absolute atomic E-state index is 0.0133. The van der Waals surface area contributed by atoms with Crippen molar-refractivity contribution in [3.63, 3.8) is 0 Å². The van der Waals surface area contributed by atoms with E-state index in [0.717, 1.165) is 25.9 Å². The lowest BCUT2D eigenvalue weighted by molar-refractivity contribution is -0.0507. The molecule has 0 bridgehead atoms. The van der Waals surface area contributed by atoms with Crippen LogP contribution in [0.4, 0.5) is 0 Å². The monoisotopic (exact) mass is 231 g/mol. The Hall–Kier alpha value is -0.160. The van der Waals surface area contributed by atoms with E-state index in [1.54, 1.807) is 0 Å². The highest BCUT2D eigenvalue weighted by Crippen LogP contribution is 2.14. The molecule has 1 aliphatic rings. The largest absolute Gasteiger partial charge is 0.394 e. The molecule has 0 aromatic carbocycles. The summed E-state index contributed by atoms with van der Waals surface area (Å²) in [6.07, 6.45) is 2.97. The Morgan fingerprint density at radius 2 is 2.25 bits per heavy atom. The van der Waals surface area contributed by atoms with Gasteiger partial charge in [-0.05, 0) is 25.2 Å². The lowest BCUT2D eigenvalue weighted by Crippen LogP contribution is -2.41. The zero-order chi connectivity index (χ0) is 12.0. The van der Waals surface area contributed by atoms with Crippen molar-refractivity contribution in [3.8, 4) is 0 Å². The minimum Gasteiger partial charge on any atom is -0.394 e. The first-order valence-corrected chi connectivity index (χ1v) is 6.23. The number of aliphatic hydroxyl groups excluding tert-OH is 1. The molecule has 0 aromatic rings. The van der Waals surface area contributed by atoms with Crippen LogP contribution in [-0.4, -0.2) is 43.2 Å². The first-order chi connectivity index (χ1) is 7.63. The number of aliphatic hydroxyl groups is 1. The summed E-state index contributed by atoms with van der Waals surface area (Å²) in [6, 6.07) is -0.0913. The molecule has 4 nitrogen and oxygen atoms in total. The zero-order valence-electron chi connectivity index (χ0n) is 10.4. The highest BCUT2D eigenvalue weighted by molar-refractivity contribution is 4.75. The van der Waals surface area contributed by atoms with Crippen LogP contribution >= 0.6 is 0 Å². The van der Waals surface area contributed by atoms with Crippen molar-refractivity contribution in [1.82, 2.24) is 0 Å². The average molecular weight is 231 g/mol. The Bertz CT molecular complexity index is 181. The number of hydrogen-bond acceptors (Lipinski definition) is 4. The quantitative estimate of drug-likeness (QED) is 0.684. The van der Waals surface area contributed by atoms with E-state index in [1.165, 1.54) is 0 Å². The van der Waals surface area contributed by atoms with Crippen molar-refractivity contribution in [3.05, 3.63) is 0 Å². The predicted octanol–water partition coefficient (Wildman–Crippen LogP) is 0.916. The van der Waals surface area contributed by atoms with Crippen molar-refractivity contribution in [2.24, 2.45) is 11.7 Å². The van der Waals surface area contributed by atoms with Gasteiger partial charge >= 0.3 is 0 Å². The van der Waals surface area contributed by atoms with E-state index in [0.29, 0.717) is 12.5 Å². The third-order valence-corrected chi connectivity index (χ3v) is 2.92. The van der Waals surface area contributed by atoms with Gasteiger partial charge in [0.25, 0.3) is 0 Å². The van der Waals surface area contributed by atoms with Crippen LogP contribution in [0.2, 0.25) is 0 Å². The average Bonchev–Trinajstić information content (AvgIpc) is 2.70. The van der Waals surface area contributed by atoms with Gasteiger partial charge in [-0.2, -0.15) is 0 Å². The predicted molar refractivity (Wildman–Crippen MR) is 63.2 cm³/mol. The van der Waals surface area contributed by atoms with Gasteiger partial charge in [0.05, 0.1) is 25.4 Å². The third kappa shape index (κ3) is 4.78. The number of ether oxygens (including phenoxy) is 2. The molecule has 96 valence electrons. The fourth-order valence-corrected chi connectivity index (χ4v) is 2.01. The van der Waals surface area contributed by atoms with E-state index >= 15 is 0 Å². The molecule has 3 N–H and O–H groups in total. The van der Waals surface area contributed by atoms with Gasteiger partial charge in [0.15, 0.2) is 0 Å². The third-order valence-electron chi connectivity index (χ3n) is 2.92. The normalized spacial score (nSPS) is 24.9. The number of hydrogen-bond donors (Lipinski definition) is 2. The second-order valence-electron chi connectivity index (χ2n) is 4.98. The fraction of sp³-hybridized carbons (Fsp3) is 1.00. The standard InChI is InChI=1S/C12H25NO3/c1-9(2)6-11(13)12(7-14)16-8-10-4-3-5-15-10/h9-12,14H,3-8,13H2,1-2H3. The van der Waals surface area contributed by atoms with E-state index < -0.39 is 0 Å². The Kier molecular flexibility index (Phi) is 6.28. The van der Waals surface area contributed by atoms with Crippen LogP contribution in [0, 0.1) is 5.92 Å². The van der Waals surface area contributed by atoms with Gasteiger partial charge in [-0.15, -0.1) is 0 Å².